The summed E-state index contributed by atoms with van der Waals surface area (Å²) in [6, 6.07) is 12.7. The number of hydrogen-bond donors (Lipinski definition) is 1. The molecule has 124 valence electrons. The first-order chi connectivity index (χ1) is 10.8. The molecule has 2 aromatic rings. The standard InChI is InChI=1S/C17H23N3O2S/c1-13(2)20(14(3)4)23(21,22)16-10-11-17(18-12-16)19-15-8-6-5-7-9-15/h5-14H,1-4H3,(H,18,19). The third kappa shape index (κ3) is 4.09. The first-order valence-corrected chi connectivity index (χ1v) is 9.08. The summed E-state index contributed by atoms with van der Waals surface area (Å²) in [5.41, 5.74) is 0.904. The molecule has 0 spiro atoms. The van der Waals surface area contributed by atoms with Gasteiger partial charge in [0.15, 0.2) is 0 Å². The molecule has 6 heteroatoms. The Kier molecular flexibility index (Phi) is 5.38. The van der Waals surface area contributed by atoms with Gasteiger partial charge in [-0.1, -0.05) is 18.2 Å². The second kappa shape index (κ2) is 7.10. The number of sulfonamides is 1. The Labute approximate surface area is 138 Å². The number of aromatic nitrogens is 1. The van der Waals surface area contributed by atoms with Crippen LogP contribution in [-0.2, 0) is 10.0 Å². The van der Waals surface area contributed by atoms with Crippen molar-refractivity contribution in [1.29, 1.82) is 0 Å². The molecule has 0 saturated heterocycles. The quantitative estimate of drug-likeness (QED) is 0.877. The monoisotopic (exact) mass is 333 g/mol. The summed E-state index contributed by atoms with van der Waals surface area (Å²) in [7, 11) is -3.55. The first kappa shape index (κ1) is 17.4. The van der Waals surface area contributed by atoms with E-state index in [0.29, 0.717) is 5.82 Å². The average Bonchev–Trinajstić information content (AvgIpc) is 2.47. The predicted molar refractivity (Wildman–Crippen MR) is 93.3 cm³/mol. The molecule has 23 heavy (non-hydrogen) atoms. The number of nitrogens with one attached hydrogen (secondary N) is 1. The predicted octanol–water partition coefficient (Wildman–Crippen LogP) is 3.63. The number of rotatable bonds is 6. The van der Waals surface area contributed by atoms with E-state index >= 15 is 0 Å². The smallest absolute Gasteiger partial charge is 0.245 e. The fourth-order valence-electron chi connectivity index (χ4n) is 2.55. The van der Waals surface area contributed by atoms with E-state index in [4.69, 9.17) is 0 Å². The van der Waals surface area contributed by atoms with E-state index in [1.54, 1.807) is 12.1 Å². The average molecular weight is 333 g/mol. The normalized spacial score (nSPS) is 12.1. The van der Waals surface area contributed by atoms with E-state index in [1.165, 1.54) is 10.5 Å². The SMILES string of the molecule is CC(C)N(C(C)C)S(=O)(=O)c1ccc(Nc2ccccc2)nc1. The van der Waals surface area contributed by atoms with Gasteiger partial charge in [-0.3, -0.25) is 0 Å². The molecule has 0 aliphatic rings. The van der Waals surface area contributed by atoms with Crippen LogP contribution in [0.5, 0.6) is 0 Å². The number of pyridine rings is 1. The summed E-state index contributed by atoms with van der Waals surface area (Å²) < 4.78 is 27.0. The molecule has 0 aliphatic carbocycles. The lowest BCUT2D eigenvalue weighted by molar-refractivity contribution is 0.302. The minimum atomic E-state index is -3.55. The fraction of sp³-hybridized carbons (Fsp3) is 0.353. The first-order valence-electron chi connectivity index (χ1n) is 7.64. The molecule has 0 radical (unpaired) electrons. The summed E-state index contributed by atoms with van der Waals surface area (Å²) in [5.74, 6) is 0.607. The molecule has 0 saturated carbocycles. The highest BCUT2D eigenvalue weighted by atomic mass is 32.2. The number of benzene rings is 1. The Morgan fingerprint density at radius 1 is 0.957 bits per heavy atom. The van der Waals surface area contributed by atoms with Gasteiger partial charge in [0.05, 0.1) is 0 Å². The van der Waals surface area contributed by atoms with Crippen molar-refractivity contribution in [3.63, 3.8) is 0 Å². The zero-order valence-electron chi connectivity index (χ0n) is 13.9. The zero-order chi connectivity index (χ0) is 17.0. The van der Waals surface area contributed by atoms with Crippen LogP contribution in [0.1, 0.15) is 27.7 Å². The molecule has 2 rings (SSSR count). The molecule has 0 fully saturated rings. The highest BCUT2D eigenvalue weighted by Crippen LogP contribution is 2.22. The topological polar surface area (TPSA) is 62.3 Å². The van der Waals surface area contributed by atoms with Crippen molar-refractivity contribution in [3.8, 4) is 0 Å². The largest absolute Gasteiger partial charge is 0.340 e. The van der Waals surface area contributed by atoms with Gasteiger partial charge >= 0.3 is 0 Å². The minimum Gasteiger partial charge on any atom is -0.340 e. The van der Waals surface area contributed by atoms with E-state index in [-0.39, 0.29) is 17.0 Å². The van der Waals surface area contributed by atoms with Crippen molar-refractivity contribution in [1.82, 2.24) is 9.29 Å². The molecule has 5 nitrogen and oxygen atoms in total. The van der Waals surface area contributed by atoms with Crippen molar-refractivity contribution in [2.75, 3.05) is 5.32 Å². The zero-order valence-corrected chi connectivity index (χ0v) is 14.7. The third-order valence-corrected chi connectivity index (χ3v) is 5.61. The molecule has 0 amide bonds. The summed E-state index contributed by atoms with van der Waals surface area (Å²) in [6.07, 6.45) is 1.40. The van der Waals surface area contributed by atoms with E-state index in [2.05, 4.69) is 10.3 Å². The molecule has 1 aromatic heterocycles. The molecule has 0 unspecified atom stereocenters. The van der Waals surface area contributed by atoms with Crippen LogP contribution in [0.3, 0.4) is 0 Å². The summed E-state index contributed by atoms with van der Waals surface area (Å²) in [4.78, 5) is 4.43. The highest BCUT2D eigenvalue weighted by Gasteiger charge is 2.29. The van der Waals surface area contributed by atoms with Crippen molar-refractivity contribution < 1.29 is 8.42 Å². The van der Waals surface area contributed by atoms with Gasteiger partial charge in [-0.15, -0.1) is 0 Å². The fourth-order valence-corrected chi connectivity index (χ4v) is 4.33. The van der Waals surface area contributed by atoms with Crippen LogP contribution in [-0.4, -0.2) is 29.8 Å². The van der Waals surface area contributed by atoms with Crippen LogP contribution in [0.4, 0.5) is 11.5 Å². The third-order valence-electron chi connectivity index (χ3n) is 3.38. The Hall–Kier alpha value is -1.92. The van der Waals surface area contributed by atoms with E-state index in [1.807, 2.05) is 58.0 Å². The summed E-state index contributed by atoms with van der Waals surface area (Å²) in [5, 5.41) is 3.14. The molecular weight excluding hydrogens is 310 g/mol. The molecule has 1 N–H and O–H groups in total. The van der Waals surface area contributed by atoms with Crippen LogP contribution in [0.25, 0.3) is 0 Å². The Bertz CT molecular complexity index is 718. The molecular formula is C17H23N3O2S. The number of anilines is 2. The van der Waals surface area contributed by atoms with Gasteiger partial charge in [-0.25, -0.2) is 13.4 Å². The molecule has 0 aliphatic heterocycles. The van der Waals surface area contributed by atoms with Gasteiger partial charge in [0.1, 0.15) is 10.7 Å². The van der Waals surface area contributed by atoms with E-state index in [0.717, 1.165) is 5.69 Å². The number of hydrogen-bond acceptors (Lipinski definition) is 4. The highest BCUT2D eigenvalue weighted by molar-refractivity contribution is 7.89. The van der Waals surface area contributed by atoms with Crippen LogP contribution in [0.2, 0.25) is 0 Å². The lowest BCUT2D eigenvalue weighted by atomic mass is 10.3. The molecule has 1 heterocycles. The Morgan fingerprint density at radius 3 is 2.04 bits per heavy atom. The van der Waals surface area contributed by atoms with Crippen LogP contribution < -0.4 is 5.32 Å². The maximum Gasteiger partial charge on any atom is 0.245 e. The van der Waals surface area contributed by atoms with Gasteiger partial charge in [0.2, 0.25) is 10.0 Å². The van der Waals surface area contributed by atoms with E-state index < -0.39 is 10.0 Å². The van der Waals surface area contributed by atoms with Gasteiger partial charge in [-0.2, -0.15) is 4.31 Å². The van der Waals surface area contributed by atoms with Gasteiger partial charge in [0, 0.05) is 24.0 Å². The molecule has 0 atom stereocenters. The van der Waals surface area contributed by atoms with Crippen LogP contribution in [0, 0.1) is 0 Å². The second-order valence-corrected chi connectivity index (χ2v) is 7.74. The van der Waals surface area contributed by atoms with Gasteiger partial charge in [-0.05, 0) is 52.0 Å². The molecule has 1 aromatic carbocycles. The van der Waals surface area contributed by atoms with Crippen LogP contribution >= 0.6 is 0 Å². The van der Waals surface area contributed by atoms with Crippen molar-refractivity contribution in [3.05, 3.63) is 48.7 Å². The minimum absolute atomic E-state index is 0.109. The number of para-hydroxylation sites is 1. The van der Waals surface area contributed by atoms with E-state index in [9.17, 15) is 8.42 Å². The maximum absolute atomic E-state index is 12.8. The molecule has 0 bridgehead atoms. The van der Waals surface area contributed by atoms with Crippen molar-refractivity contribution in [2.45, 2.75) is 44.7 Å². The summed E-state index contributed by atoms with van der Waals surface area (Å²) >= 11 is 0. The number of nitrogens with zero attached hydrogens (tertiary/aromatic N) is 2. The second-order valence-electron chi connectivity index (χ2n) is 5.89. The Morgan fingerprint density at radius 2 is 1.57 bits per heavy atom. The lowest BCUT2D eigenvalue weighted by Gasteiger charge is -2.29. The van der Waals surface area contributed by atoms with Crippen molar-refractivity contribution >= 4 is 21.5 Å². The van der Waals surface area contributed by atoms with Gasteiger partial charge < -0.3 is 5.32 Å². The maximum atomic E-state index is 12.8. The Balaban J connectivity index is 2.24. The lowest BCUT2D eigenvalue weighted by Crippen LogP contribution is -2.41. The summed E-state index contributed by atoms with van der Waals surface area (Å²) in [6.45, 7) is 7.49. The van der Waals surface area contributed by atoms with Crippen LogP contribution in [0.15, 0.2) is 53.6 Å². The van der Waals surface area contributed by atoms with Crippen molar-refractivity contribution in [2.24, 2.45) is 0 Å². The van der Waals surface area contributed by atoms with Gasteiger partial charge in [0.25, 0.3) is 0 Å².